The molecule has 0 bridgehead atoms. The van der Waals surface area contributed by atoms with Crippen LogP contribution in [0.15, 0.2) is 6.07 Å². The molecule has 0 amide bonds. The summed E-state index contributed by atoms with van der Waals surface area (Å²) in [6, 6.07) is 2.24. The van der Waals surface area contributed by atoms with E-state index in [1.165, 1.54) is 12.8 Å². The van der Waals surface area contributed by atoms with Gasteiger partial charge in [0.1, 0.15) is 0 Å². The lowest BCUT2D eigenvalue weighted by Crippen LogP contribution is -2.27. The van der Waals surface area contributed by atoms with Gasteiger partial charge in [0.2, 0.25) is 0 Å². The molecule has 1 aliphatic heterocycles. The van der Waals surface area contributed by atoms with Crippen LogP contribution in [0.5, 0.6) is 11.5 Å². The zero-order valence-corrected chi connectivity index (χ0v) is 12.6. The second-order valence-electron chi connectivity index (χ2n) is 4.85. The third-order valence-electron chi connectivity index (χ3n) is 3.76. The Kier molecular flexibility index (Phi) is 4.94. The molecule has 19 heavy (non-hydrogen) atoms. The van der Waals surface area contributed by atoms with Crippen molar-refractivity contribution in [1.82, 2.24) is 5.32 Å². The van der Waals surface area contributed by atoms with E-state index in [4.69, 9.17) is 21.1 Å². The molecule has 1 unspecified atom stereocenters. The van der Waals surface area contributed by atoms with Crippen molar-refractivity contribution in [3.63, 3.8) is 0 Å². The second-order valence-corrected chi connectivity index (χ2v) is 5.23. The van der Waals surface area contributed by atoms with E-state index in [1.807, 2.05) is 6.07 Å². The lowest BCUT2D eigenvalue weighted by atomic mass is 9.94. The summed E-state index contributed by atoms with van der Waals surface area (Å²) in [7, 11) is 3.34. The van der Waals surface area contributed by atoms with Gasteiger partial charge in [-0.15, -0.1) is 0 Å². The van der Waals surface area contributed by atoms with Crippen LogP contribution in [0.4, 0.5) is 0 Å². The molecule has 1 aromatic rings. The van der Waals surface area contributed by atoms with Crippen LogP contribution in [0, 0.1) is 0 Å². The van der Waals surface area contributed by atoms with Crippen molar-refractivity contribution in [3.8, 4) is 11.5 Å². The highest BCUT2D eigenvalue weighted by Crippen LogP contribution is 2.44. The molecular weight excluding hydrogens is 262 g/mol. The number of piperidine rings is 1. The predicted octanol–water partition coefficient (Wildman–Crippen LogP) is 3.73. The second kappa shape index (κ2) is 6.49. The Balaban J connectivity index is 2.53. The van der Waals surface area contributed by atoms with Crippen molar-refractivity contribution >= 4 is 11.6 Å². The zero-order valence-electron chi connectivity index (χ0n) is 11.9. The molecule has 2 rings (SSSR count). The maximum absolute atomic E-state index is 6.58. The monoisotopic (exact) mass is 283 g/mol. The minimum atomic E-state index is 0.261. The highest BCUT2D eigenvalue weighted by atomic mass is 35.5. The summed E-state index contributed by atoms with van der Waals surface area (Å²) in [4.78, 5) is 0. The van der Waals surface area contributed by atoms with Crippen LogP contribution < -0.4 is 14.8 Å². The molecule has 0 saturated carbocycles. The number of halogens is 1. The molecule has 1 heterocycles. The summed E-state index contributed by atoms with van der Waals surface area (Å²) < 4.78 is 11.0. The first kappa shape index (κ1) is 14.5. The van der Waals surface area contributed by atoms with Crippen molar-refractivity contribution in [3.05, 3.63) is 22.2 Å². The number of methoxy groups -OCH3 is 2. The fraction of sp³-hybridized carbons (Fsp3) is 0.600. The number of nitrogens with one attached hydrogen (secondary N) is 1. The van der Waals surface area contributed by atoms with E-state index in [9.17, 15) is 0 Å². The first-order valence-corrected chi connectivity index (χ1v) is 7.27. The Morgan fingerprint density at radius 3 is 2.63 bits per heavy atom. The van der Waals surface area contributed by atoms with Crippen molar-refractivity contribution in [2.24, 2.45) is 0 Å². The van der Waals surface area contributed by atoms with Crippen LogP contribution in [-0.2, 0) is 6.42 Å². The number of benzene rings is 1. The molecule has 1 aromatic carbocycles. The van der Waals surface area contributed by atoms with E-state index in [2.05, 4.69) is 12.2 Å². The molecule has 106 valence electrons. The first-order chi connectivity index (χ1) is 9.22. The Hall–Kier alpha value is -0.930. The molecule has 3 nitrogen and oxygen atoms in total. The molecule has 1 atom stereocenters. The summed E-state index contributed by atoms with van der Waals surface area (Å²) in [5, 5.41) is 4.35. The van der Waals surface area contributed by atoms with Crippen molar-refractivity contribution in [2.45, 2.75) is 38.6 Å². The lowest BCUT2D eigenvalue weighted by Gasteiger charge is -2.28. The summed E-state index contributed by atoms with van der Waals surface area (Å²) in [5.74, 6) is 1.54. The third kappa shape index (κ3) is 2.82. The van der Waals surface area contributed by atoms with E-state index < -0.39 is 0 Å². The average Bonchev–Trinajstić information content (AvgIpc) is 2.47. The van der Waals surface area contributed by atoms with Crippen LogP contribution in [0.1, 0.15) is 43.4 Å². The van der Waals surface area contributed by atoms with Crippen LogP contribution in [0.2, 0.25) is 5.02 Å². The standard InChI is InChI=1S/C15H22ClNO2/c1-4-10-9-12(18-2)15(19-3)13(14(10)16)11-7-5-6-8-17-11/h9,11,17H,4-8H2,1-3H3. The van der Waals surface area contributed by atoms with E-state index in [0.717, 1.165) is 47.0 Å². The van der Waals surface area contributed by atoms with E-state index in [1.54, 1.807) is 14.2 Å². The minimum absolute atomic E-state index is 0.261. The average molecular weight is 284 g/mol. The number of hydrogen-bond donors (Lipinski definition) is 1. The van der Waals surface area contributed by atoms with Gasteiger partial charge in [0.05, 0.1) is 19.2 Å². The van der Waals surface area contributed by atoms with Gasteiger partial charge in [-0.2, -0.15) is 0 Å². The Morgan fingerprint density at radius 2 is 2.11 bits per heavy atom. The Morgan fingerprint density at radius 1 is 1.32 bits per heavy atom. The SMILES string of the molecule is CCc1cc(OC)c(OC)c(C2CCCCN2)c1Cl. The van der Waals surface area contributed by atoms with Gasteiger partial charge in [-0.25, -0.2) is 0 Å². The number of hydrogen-bond acceptors (Lipinski definition) is 3. The molecule has 1 saturated heterocycles. The Labute approximate surface area is 120 Å². The molecule has 1 aliphatic rings. The van der Waals surface area contributed by atoms with Gasteiger partial charge >= 0.3 is 0 Å². The quantitative estimate of drug-likeness (QED) is 0.913. The predicted molar refractivity (Wildman–Crippen MR) is 78.5 cm³/mol. The van der Waals surface area contributed by atoms with Gasteiger partial charge in [0.15, 0.2) is 11.5 Å². The zero-order chi connectivity index (χ0) is 13.8. The van der Waals surface area contributed by atoms with E-state index in [-0.39, 0.29) is 6.04 Å². The van der Waals surface area contributed by atoms with Crippen LogP contribution in [0.25, 0.3) is 0 Å². The molecule has 1 N–H and O–H groups in total. The van der Waals surface area contributed by atoms with E-state index >= 15 is 0 Å². The maximum Gasteiger partial charge on any atom is 0.166 e. The highest BCUT2D eigenvalue weighted by Gasteiger charge is 2.25. The van der Waals surface area contributed by atoms with Gasteiger partial charge in [-0.1, -0.05) is 24.9 Å². The molecule has 0 aliphatic carbocycles. The Bertz CT molecular complexity index is 442. The first-order valence-electron chi connectivity index (χ1n) is 6.89. The van der Waals surface area contributed by atoms with Gasteiger partial charge < -0.3 is 14.8 Å². The van der Waals surface area contributed by atoms with Gasteiger partial charge in [0.25, 0.3) is 0 Å². The maximum atomic E-state index is 6.58. The molecule has 0 spiro atoms. The summed E-state index contributed by atoms with van der Waals surface area (Å²) >= 11 is 6.58. The normalized spacial score (nSPS) is 19.3. The topological polar surface area (TPSA) is 30.5 Å². The molecule has 1 fully saturated rings. The van der Waals surface area contributed by atoms with Crippen LogP contribution in [-0.4, -0.2) is 20.8 Å². The van der Waals surface area contributed by atoms with E-state index in [0.29, 0.717) is 0 Å². The van der Waals surface area contributed by atoms with Crippen molar-refractivity contribution in [1.29, 1.82) is 0 Å². The number of aryl methyl sites for hydroxylation is 1. The fourth-order valence-corrected chi connectivity index (χ4v) is 3.13. The van der Waals surface area contributed by atoms with Gasteiger partial charge in [-0.3, -0.25) is 0 Å². The third-order valence-corrected chi connectivity index (χ3v) is 4.20. The van der Waals surface area contributed by atoms with Crippen molar-refractivity contribution in [2.75, 3.05) is 20.8 Å². The minimum Gasteiger partial charge on any atom is -0.493 e. The molecule has 4 heteroatoms. The number of rotatable bonds is 4. The van der Waals surface area contributed by atoms with Crippen molar-refractivity contribution < 1.29 is 9.47 Å². The van der Waals surface area contributed by atoms with Gasteiger partial charge in [-0.05, 0) is 37.4 Å². The molecule has 0 radical (unpaired) electrons. The summed E-state index contributed by atoms with van der Waals surface area (Å²) in [6.45, 7) is 3.13. The van der Waals surface area contributed by atoms with Gasteiger partial charge in [0, 0.05) is 11.6 Å². The summed E-state index contributed by atoms with van der Waals surface area (Å²) in [6.07, 6.45) is 4.42. The summed E-state index contributed by atoms with van der Waals surface area (Å²) in [5.41, 5.74) is 2.17. The highest BCUT2D eigenvalue weighted by molar-refractivity contribution is 6.32. The van der Waals surface area contributed by atoms with Crippen LogP contribution >= 0.6 is 11.6 Å². The lowest BCUT2D eigenvalue weighted by molar-refractivity contribution is 0.337. The van der Waals surface area contributed by atoms with Crippen LogP contribution in [0.3, 0.4) is 0 Å². The largest absolute Gasteiger partial charge is 0.493 e. The fourth-order valence-electron chi connectivity index (χ4n) is 2.72. The molecule has 0 aromatic heterocycles. The molecular formula is C15H22ClNO2. The number of ether oxygens (including phenoxy) is 2. The smallest absolute Gasteiger partial charge is 0.166 e.